The van der Waals surface area contributed by atoms with Crippen molar-refractivity contribution in [3.63, 3.8) is 0 Å². The van der Waals surface area contributed by atoms with Crippen molar-refractivity contribution in [3.8, 4) is 0 Å². The SMILES string of the molecule is O=C(Cc1ccccc1)N1CCC[C@H]1c1nnc2ccccn12. The predicted molar refractivity (Wildman–Crippen MR) is 86.8 cm³/mol. The van der Waals surface area contributed by atoms with Crippen molar-refractivity contribution < 1.29 is 4.79 Å². The highest BCUT2D eigenvalue weighted by Crippen LogP contribution is 2.31. The van der Waals surface area contributed by atoms with Gasteiger partial charge in [-0.3, -0.25) is 9.20 Å². The van der Waals surface area contributed by atoms with Crippen molar-refractivity contribution in [1.82, 2.24) is 19.5 Å². The molecule has 116 valence electrons. The van der Waals surface area contributed by atoms with E-state index in [9.17, 15) is 4.79 Å². The van der Waals surface area contributed by atoms with Gasteiger partial charge in [0.15, 0.2) is 11.5 Å². The number of carbonyl (C=O) groups excluding carboxylic acids is 1. The van der Waals surface area contributed by atoms with Gasteiger partial charge in [0.05, 0.1) is 12.5 Å². The molecule has 0 aliphatic carbocycles. The summed E-state index contributed by atoms with van der Waals surface area (Å²) in [6, 6.07) is 15.8. The Morgan fingerprint density at radius 1 is 1.09 bits per heavy atom. The van der Waals surface area contributed by atoms with Gasteiger partial charge >= 0.3 is 0 Å². The van der Waals surface area contributed by atoms with Crippen molar-refractivity contribution >= 4 is 11.6 Å². The normalized spacial score (nSPS) is 17.7. The Balaban J connectivity index is 1.60. The van der Waals surface area contributed by atoms with E-state index < -0.39 is 0 Å². The van der Waals surface area contributed by atoms with Crippen LogP contribution in [0.4, 0.5) is 0 Å². The van der Waals surface area contributed by atoms with E-state index in [1.165, 1.54) is 0 Å². The number of hydrogen-bond donors (Lipinski definition) is 0. The van der Waals surface area contributed by atoms with Crippen LogP contribution < -0.4 is 0 Å². The maximum atomic E-state index is 12.7. The summed E-state index contributed by atoms with van der Waals surface area (Å²) in [4.78, 5) is 14.7. The number of carbonyl (C=O) groups is 1. The highest BCUT2D eigenvalue weighted by atomic mass is 16.2. The van der Waals surface area contributed by atoms with Crippen LogP contribution in [0.2, 0.25) is 0 Å². The molecule has 4 rings (SSSR count). The Morgan fingerprint density at radius 2 is 1.91 bits per heavy atom. The maximum Gasteiger partial charge on any atom is 0.227 e. The summed E-state index contributed by atoms with van der Waals surface area (Å²) in [7, 11) is 0. The van der Waals surface area contributed by atoms with E-state index in [4.69, 9.17) is 0 Å². The number of nitrogens with zero attached hydrogens (tertiary/aromatic N) is 4. The first-order valence-electron chi connectivity index (χ1n) is 7.96. The van der Waals surface area contributed by atoms with Crippen LogP contribution in [0.3, 0.4) is 0 Å². The van der Waals surface area contributed by atoms with Gasteiger partial charge in [0.25, 0.3) is 0 Å². The van der Waals surface area contributed by atoms with Crippen LogP contribution in [0, 0.1) is 0 Å². The van der Waals surface area contributed by atoms with E-state index in [-0.39, 0.29) is 11.9 Å². The Bertz CT molecular complexity index is 827. The standard InChI is InChI=1S/C18H18N4O/c23-17(13-14-7-2-1-3-8-14)21-12-6-9-15(21)18-20-19-16-10-4-5-11-22(16)18/h1-5,7-8,10-11,15H,6,9,12-13H2/t15-/m0/s1. The average molecular weight is 306 g/mol. The van der Waals surface area contributed by atoms with Gasteiger partial charge in [-0.25, -0.2) is 0 Å². The molecule has 0 bridgehead atoms. The minimum absolute atomic E-state index is 0.0172. The highest BCUT2D eigenvalue weighted by Gasteiger charge is 2.32. The zero-order valence-corrected chi connectivity index (χ0v) is 12.8. The molecule has 0 N–H and O–H groups in total. The topological polar surface area (TPSA) is 50.5 Å². The lowest BCUT2D eigenvalue weighted by Crippen LogP contribution is -2.32. The fourth-order valence-corrected chi connectivity index (χ4v) is 3.29. The monoisotopic (exact) mass is 306 g/mol. The molecular weight excluding hydrogens is 288 g/mol. The minimum Gasteiger partial charge on any atom is -0.332 e. The zero-order valence-electron chi connectivity index (χ0n) is 12.8. The molecule has 1 saturated heterocycles. The summed E-state index contributed by atoms with van der Waals surface area (Å²) in [6.45, 7) is 0.790. The van der Waals surface area contributed by atoms with Gasteiger partial charge in [0.1, 0.15) is 0 Å². The van der Waals surface area contributed by atoms with E-state index >= 15 is 0 Å². The van der Waals surface area contributed by atoms with Gasteiger partial charge in [0, 0.05) is 12.7 Å². The highest BCUT2D eigenvalue weighted by molar-refractivity contribution is 5.79. The first-order chi connectivity index (χ1) is 11.3. The second-order valence-corrected chi connectivity index (χ2v) is 5.89. The van der Waals surface area contributed by atoms with Crippen LogP contribution in [0.1, 0.15) is 30.3 Å². The molecule has 1 amide bonds. The molecule has 1 aromatic carbocycles. The van der Waals surface area contributed by atoms with Crippen LogP contribution >= 0.6 is 0 Å². The van der Waals surface area contributed by atoms with Gasteiger partial charge < -0.3 is 4.90 Å². The third-order valence-electron chi connectivity index (χ3n) is 4.41. The number of pyridine rings is 1. The van der Waals surface area contributed by atoms with Crippen molar-refractivity contribution in [1.29, 1.82) is 0 Å². The molecule has 3 heterocycles. The van der Waals surface area contributed by atoms with Gasteiger partial charge in [0.2, 0.25) is 5.91 Å². The quantitative estimate of drug-likeness (QED) is 0.747. The molecule has 23 heavy (non-hydrogen) atoms. The van der Waals surface area contributed by atoms with Crippen molar-refractivity contribution in [2.45, 2.75) is 25.3 Å². The lowest BCUT2D eigenvalue weighted by atomic mass is 10.1. The maximum absolute atomic E-state index is 12.7. The van der Waals surface area contributed by atoms with Crippen LogP contribution in [0.15, 0.2) is 54.7 Å². The van der Waals surface area contributed by atoms with Crippen molar-refractivity contribution in [3.05, 3.63) is 66.1 Å². The van der Waals surface area contributed by atoms with Crippen LogP contribution in [0.5, 0.6) is 0 Å². The summed E-state index contributed by atoms with van der Waals surface area (Å²) in [5.74, 6) is 1.02. The summed E-state index contributed by atoms with van der Waals surface area (Å²) in [5, 5.41) is 8.55. The van der Waals surface area contributed by atoms with Gasteiger partial charge in [-0.1, -0.05) is 36.4 Å². The molecule has 1 aliphatic rings. The number of aromatic nitrogens is 3. The Morgan fingerprint density at radius 3 is 2.78 bits per heavy atom. The molecule has 0 saturated carbocycles. The van der Waals surface area contributed by atoms with E-state index in [0.717, 1.165) is 36.4 Å². The fraction of sp³-hybridized carbons (Fsp3) is 0.278. The lowest BCUT2D eigenvalue weighted by Gasteiger charge is -2.23. The Labute approximate surface area is 134 Å². The molecule has 0 unspecified atom stereocenters. The molecule has 0 radical (unpaired) electrons. The minimum atomic E-state index is 0.0172. The number of fused-ring (bicyclic) bond motifs is 1. The predicted octanol–water partition coefficient (Wildman–Crippen LogP) is 2.64. The summed E-state index contributed by atoms with van der Waals surface area (Å²) >= 11 is 0. The first kappa shape index (κ1) is 13.9. The van der Waals surface area contributed by atoms with Crippen molar-refractivity contribution in [2.75, 3.05) is 6.54 Å². The van der Waals surface area contributed by atoms with E-state index in [2.05, 4.69) is 10.2 Å². The third kappa shape index (κ3) is 2.59. The second kappa shape index (κ2) is 5.83. The molecule has 1 aliphatic heterocycles. The largest absolute Gasteiger partial charge is 0.332 e. The number of amides is 1. The number of hydrogen-bond acceptors (Lipinski definition) is 3. The van der Waals surface area contributed by atoms with Gasteiger partial charge in [-0.2, -0.15) is 0 Å². The van der Waals surface area contributed by atoms with E-state index in [1.807, 2.05) is 64.0 Å². The molecule has 3 aromatic rings. The third-order valence-corrected chi connectivity index (χ3v) is 4.41. The van der Waals surface area contributed by atoms with E-state index in [0.29, 0.717) is 6.42 Å². The van der Waals surface area contributed by atoms with Crippen LogP contribution in [-0.4, -0.2) is 31.9 Å². The number of likely N-dealkylation sites (tertiary alicyclic amines) is 1. The summed E-state index contributed by atoms with van der Waals surface area (Å²) in [6.07, 6.45) is 4.35. The molecule has 1 atom stereocenters. The fourth-order valence-electron chi connectivity index (χ4n) is 3.29. The first-order valence-corrected chi connectivity index (χ1v) is 7.96. The number of rotatable bonds is 3. The van der Waals surface area contributed by atoms with Crippen LogP contribution in [0.25, 0.3) is 5.65 Å². The second-order valence-electron chi connectivity index (χ2n) is 5.89. The van der Waals surface area contributed by atoms with Gasteiger partial charge in [-0.05, 0) is 30.5 Å². The number of benzene rings is 1. The lowest BCUT2D eigenvalue weighted by molar-refractivity contribution is -0.131. The molecular formula is C18H18N4O. The summed E-state index contributed by atoms with van der Waals surface area (Å²) in [5.41, 5.74) is 1.87. The Kier molecular flexibility index (Phi) is 3.54. The zero-order chi connectivity index (χ0) is 15.6. The Hall–Kier alpha value is -2.69. The van der Waals surface area contributed by atoms with E-state index in [1.54, 1.807) is 0 Å². The molecule has 1 fully saturated rings. The average Bonchev–Trinajstić information content (AvgIpc) is 3.22. The van der Waals surface area contributed by atoms with Gasteiger partial charge in [-0.15, -0.1) is 10.2 Å². The van der Waals surface area contributed by atoms with Crippen molar-refractivity contribution in [2.24, 2.45) is 0 Å². The van der Waals surface area contributed by atoms with Crippen LogP contribution in [-0.2, 0) is 11.2 Å². The summed E-state index contributed by atoms with van der Waals surface area (Å²) < 4.78 is 1.98. The molecule has 2 aromatic heterocycles. The molecule has 0 spiro atoms. The smallest absolute Gasteiger partial charge is 0.227 e. The molecule has 5 heteroatoms. The molecule has 5 nitrogen and oxygen atoms in total.